The van der Waals surface area contributed by atoms with Gasteiger partial charge >= 0.3 is 5.88 Å². The Balaban J connectivity index is 1.97. The number of nitro groups is 1. The van der Waals surface area contributed by atoms with Gasteiger partial charge in [-0.2, -0.15) is 0 Å². The molecule has 6 nitrogen and oxygen atoms in total. The first-order valence-corrected chi connectivity index (χ1v) is 6.25. The van der Waals surface area contributed by atoms with E-state index in [0.29, 0.717) is 12.3 Å². The number of hydrogen-bond acceptors (Lipinski definition) is 5. The maximum absolute atomic E-state index is 10.5. The van der Waals surface area contributed by atoms with Crippen molar-refractivity contribution >= 4 is 11.6 Å². The van der Waals surface area contributed by atoms with Crippen LogP contribution in [0.1, 0.15) is 11.3 Å². The van der Waals surface area contributed by atoms with Gasteiger partial charge in [-0.1, -0.05) is 12.1 Å². The van der Waals surface area contributed by atoms with Gasteiger partial charge in [0.05, 0.1) is 12.6 Å². The lowest BCUT2D eigenvalue weighted by molar-refractivity contribution is -0.402. The summed E-state index contributed by atoms with van der Waals surface area (Å²) in [6, 6.07) is 11.0. The largest absolute Gasteiger partial charge is 0.433 e. The normalized spacial score (nSPS) is 10.8. The van der Waals surface area contributed by atoms with E-state index >= 15 is 0 Å². The van der Waals surface area contributed by atoms with Crippen LogP contribution in [0, 0.1) is 10.1 Å². The second-order valence-corrected chi connectivity index (χ2v) is 4.79. The molecule has 1 heterocycles. The number of hydrogen-bond donors (Lipinski definition) is 1. The second kappa shape index (κ2) is 6.21. The molecule has 0 saturated carbocycles. The van der Waals surface area contributed by atoms with Crippen LogP contribution in [-0.2, 0) is 13.1 Å². The van der Waals surface area contributed by atoms with E-state index in [-0.39, 0.29) is 5.88 Å². The molecule has 106 valence electrons. The third-order valence-corrected chi connectivity index (χ3v) is 2.72. The zero-order chi connectivity index (χ0) is 14.5. The van der Waals surface area contributed by atoms with Crippen molar-refractivity contribution in [1.82, 2.24) is 4.90 Å². The number of rotatable bonds is 6. The molecule has 0 aliphatic rings. The van der Waals surface area contributed by atoms with Gasteiger partial charge in [-0.3, -0.25) is 10.1 Å². The van der Waals surface area contributed by atoms with E-state index in [1.165, 1.54) is 11.6 Å². The van der Waals surface area contributed by atoms with Crippen LogP contribution in [0.3, 0.4) is 0 Å². The fraction of sp³-hybridized carbons (Fsp3) is 0.286. The predicted octanol–water partition coefficient (Wildman–Crippen LogP) is 2.86. The van der Waals surface area contributed by atoms with Gasteiger partial charge in [-0.05, 0) is 37.9 Å². The lowest BCUT2D eigenvalue weighted by Gasteiger charge is -2.11. The first-order chi connectivity index (χ1) is 9.54. The Kier molecular flexibility index (Phi) is 4.37. The van der Waals surface area contributed by atoms with Crippen molar-refractivity contribution in [2.24, 2.45) is 0 Å². The number of benzene rings is 1. The molecule has 0 fully saturated rings. The summed E-state index contributed by atoms with van der Waals surface area (Å²) in [5.41, 5.74) is 2.16. The van der Waals surface area contributed by atoms with Gasteiger partial charge in [-0.25, -0.2) is 0 Å². The molecule has 1 N–H and O–H groups in total. The van der Waals surface area contributed by atoms with Crippen molar-refractivity contribution in [3.63, 3.8) is 0 Å². The summed E-state index contributed by atoms with van der Waals surface area (Å²) < 4.78 is 5.09. The molecule has 0 saturated heterocycles. The van der Waals surface area contributed by atoms with Crippen LogP contribution in [0.5, 0.6) is 0 Å². The predicted molar refractivity (Wildman–Crippen MR) is 76.5 cm³/mol. The molecule has 0 aliphatic heterocycles. The van der Waals surface area contributed by atoms with Crippen LogP contribution in [0.4, 0.5) is 11.6 Å². The van der Waals surface area contributed by atoms with Crippen LogP contribution in [0.25, 0.3) is 0 Å². The van der Waals surface area contributed by atoms with E-state index in [9.17, 15) is 10.1 Å². The zero-order valence-electron chi connectivity index (χ0n) is 11.5. The van der Waals surface area contributed by atoms with E-state index in [2.05, 4.69) is 22.3 Å². The smallest absolute Gasteiger partial charge is 0.404 e. The van der Waals surface area contributed by atoms with E-state index in [0.717, 1.165) is 12.2 Å². The maximum Gasteiger partial charge on any atom is 0.433 e. The highest BCUT2D eigenvalue weighted by molar-refractivity contribution is 5.46. The van der Waals surface area contributed by atoms with E-state index in [4.69, 9.17) is 4.42 Å². The number of furan rings is 1. The molecule has 0 bridgehead atoms. The highest BCUT2D eigenvalue weighted by Gasteiger charge is 2.11. The monoisotopic (exact) mass is 275 g/mol. The fourth-order valence-electron chi connectivity index (χ4n) is 1.89. The Morgan fingerprint density at radius 3 is 2.75 bits per heavy atom. The first kappa shape index (κ1) is 14.1. The summed E-state index contributed by atoms with van der Waals surface area (Å²) in [5, 5.41) is 13.7. The molecular formula is C14H17N3O3. The van der Waals surface area contributed by atoms with Crippen molar-refractivity contribution < 1.29 is 9.34 Å². The van der Waals surface area contributed by atoms with Crippen LogP contribution in [-0.4, -0.2) is 23.9 Å². The summed E-state index contributed by atoms with van der Waals surface area (Å²) in [7, 11) is 4.03. The second-order valence-electron chi connectivity index (χ2n) is 4.79. The van der Waals surface area contributed by atoms with Crippen molar-refractivity contribution in [3.05, 3.63) is 57.8 Å². The minimum Gasteiger partial charge on any atom is -0.404 e. The van der Waals surface area contributed by atoms with Gasteiger partial charge in [-0.15, -0.1) is 0 Å². The topological polar surface area (TPSA) is 71.5 Å². The average molecular weight is 275 g/mol. The molecule has 6 heteroatoms. The van der Waals surface area contributed by atoms with Crippen molar-refractivity contribution in [2.45, 2.75) is 13.1 Å². The van der Waals surface area contributed by atoms with Gasteiger partial charge in [0.15, 0.2) is 0 Å². The summed E-state index contributed by atoms with van der Waals surface area (Å²) >= 11 is 0. The molecule has 0 atom stereocenters. The van der Waals surface area contributed by atoms with Gasteiger partial charge in [0.25, 0.3) is 0 Å². The lowest BCUT2D eigenvalue weighted by Crippen LogP contribution is -2.10. The molecule has 2 rings (SSSR count). The van der Waals surface area contributed by atoms with Gasteiger partial charge in [0.1, 0.15) is 10.7 Å². The fourth-order valence-corrected chi connectivity index (χ4v) is 1.89. The lowest BCUT2D eigenvalue weighted by atomic mass is 10.2. The molecule has 0 radical (unpaired) electrons. The summed E-state index contributed by atoms with van der Waals surface area (Å²) in [6.07, 6.45) is 0. The molecule has 0 unspecified atom stereocenters. The van der Waals surface area contributed by atoms with Gasteiger partial charge in [0.2, 0.25) is 0 Å². The Hall–Kier alpha value is -2.34. The van der Waals surface area contributed by atoms with Crippen molar-refractivity contribution in [3.8, 4) is 0 Å². The molecule has 0 spiro atoms. The van der Waals surface area contributed by atoms with Crippen LogP contribution < -0.4 is 5.32 Å². The molecule has 0 aliphatic carbocycles. The molecule has 1 aromatic carbocycles. The molecular weight excluding hydrogens is 258 g/mol. The minimum atomic E-state index is -0.540. The highest BCUT2D eigenvalue weighted by atomic mass is 16.6. The van der Waals surface area contributed by atoms with Crippen molar-refractivity contribution in [1.29, 1.82) is 0 Å². The standard InChI is InChI=1S/C14H17N3O3/c1-16(2)10-11-4-3-5-12(8-11)15-9-13-6-7-14(20-13)17(18)19/h3-8,15H,9-10H2,1-2H3. The Morgan fingerprint density at radius 1 is 1.30 bits per heavy atom. The molecule has 2 aromatic rings. The Bertz CT molecular complexity index is 593. The summed E-state index contributed by atoms with van der Waals surface area (Å²) in [5.74, 6) is 0.304. The van der Waals surface area contributed by atoms with E-state index in [1.807, 2.05) is 26.2 Å². The molecule has 0 amide bonds. The van der Waals surface area contributed by atoms with Crippen LogP contribution >= 0.6 is 0 Å². The molecule has 20 heavy (non-hydrogen) atoms. The van der Waals surface area contributed by atoms with Gasteiger partial charge in [0, 0.05) is 12.2 Å². The third-order valence-electron chi connectivity index (χ3n) is 2.72. The summed E-state index contributed by atoms with van der Waals surface area (Å²) in [6.45, 7) is 1.28. The SMILES string of the molecule is CN(C)Cc1cccc(NCc2ccc([N+](=O)[O-])o2)c1. The van der Waals surface area contributed by atoms with E-state index < -0.39 is 4.92 Å². The summed E-state index contributed by atoms with van der Waals surface area (Å²) in [4.78, 5) is 12.1. The molecule has 1 aromatic heterocycles. The average Bonchev–Trinajstić information content (AvgIpc) is 2.85. The van der Waals surface area contributed by atoms with E-state index in [1.54, 1.807) is 6.07 Å². The number of anilines is 1. The Labute approximate surface area is 117 Å². The first-order valence-electron chi connectivity index (χ1n) is 6.25. The van der Waals surface area contributed by atoms with Crippen molar-refractivity contribution in [2.75, 3.05) is 19.4 Å². The quantitative estimate of drug-likeness (QED) is 0.648. The highest BCUT2D eigenvalue weighted by Crippen LogP contribution is 2.18. The minimum absolute atomic E-state index is 0.233. The van der Waals surface area contributed by atoms with Crippen LogP contribution in [0.15, 0.2) is 40.8 Å². The third kappa shape index (κ3) is 3.83. The van der Waals surface area contributed by atoms with Gasteiger partial charge < -0.3 is 14.6 Å². The Morgan fingerprint density at radius 2 is 2.10 bits per heavy atom. The number of nitrogens with zero attached hydrogens (tertiary/aromatic N) is 2. The zero-order valence-corrected chi connectivity index (χ0v) is 11.5. The number of nitrogens with one attached hydrogen (secondary N) is 1. The van der Waals surface area contributed by atoms with Crippen LogP contribution in [0.2, 0.25) is 0 Å². The maximum atomic E-state index is 10.5.